The Hall–Kier alpha value is -1.46. The van der Waals surface area contributed by atoms with E-state index in [9.17, 15) is 13.2 Å². The van der Waals surface area contributed by atoms with Crippen molar-refractivity contribution in [2.75, 3.05) is 11.1 Å². The summed E-state index contributed by atoms with van der Waals surface area (Å²) < 4.78 is 36.9. The Morgan fingerprint density at radius 1 is 1.50 bits per heavy atom. The normalized spacial score (nSPS) is 13.6. The number of nitrogens with two attached hydrogens (primary N) is 1. The molecule has 0 aromatic carbocycles. The summed E-state index contributed by atoms with van der Waals surface area (Å²) in [4.78, 5) is 3.68. The minimum absolute atomic E-state index is 0.00938. The Morgan fingerprint density at radius 2 is 2.12 bits per heavy atom. The third-order valence-corrected chi connectivity index (χ3v) is 2.24. The predicted octanol–water partition coefficient (Wildman–Crippen LogP) is 2.89. The number of nitrogens with one attached hydrogen (secondary N) is 1. The van der Waals surface area contributed by atoms with Gasteiger partial charge in [-0.2, -0.15) is 13.2 Å². The average molecular weight is 233 g/mol. The van der Waals surface area contributed by atoms with Crippen LogP contribution in [0.15, 0.2) is 12.3 Å². The molecule has 0 saturated heterocycles. The maximum Gasteiger partial charge on any atom is 0.417 e. The molecule has 0 spiro atoms. The highest BCUT2D eigenvalue weighted by molar-refractivity contribution is 5.62. The van der Waals surface area contributed by atoms with E-state index < -0.39 is 11.7 Å². The van der Waals surface area contributed by atoms with Crippen LogP contribution in [0.2, 0.25) is 0 Å². The Balaban J connectivity index is 2.92. The van der Waals surface area contributed by atoms with Gasteiger partial charge in [0.1, 0.15) is 5.82 Å². The molecular formula is C10H14F3N3. The quantitative estimate of drug-likeness (QED) is 0.844. The number of rotatable bonds is 3. The van der Waals surface area contributed by atoms with Crippen molar-refractivity contribution in [2.24, 2.45) is 0 Å². The van der Waals surface area contributed by atoms with Gasteiger partial charge in [-0.25, -0.2) is 4.98 Å². The van der Waals surface area contributed by atoms with Crippen LogP contribution in [0.4, 0.5) is 24.7 Å². The molecule has 0 bridgehead atoms. The third-order valence-electron chi connectivity index (χ3n) is 2.24. The molecule has 16 heavy (non-hydrogen) atoms. The summed E-state index contributed by atoms with van der Waals surface area (Å²) in [6, 6.07) is 1.00. The molecule has 0 aliphatic heterocycles. The first-order valence-corrected chi connectivity index (χ1v) is 4.93. The number of anilines is 2. The number of aromatic nitrogens is 1. The fraction of sp³-hybridized carbons (Fsp3) is 0.500. The zero-order valence-corrected chi connectivity index (χ0v) is 9.10. The van der Waals surface area contributed by atoms with Crippen LogP contribution in [0.1, 0.15) is 25.8 Å². The number of nitrogens with zero attached hydrogens (tertiary/aromatic N) is 1. The van der Waals surface area contributed by atoms with E-state index >= 15 is 0 Å². The minimum Gasteiger partial charge on any atom is -0.396 e. The first-order valence-electron chi connectivity index (χ1n) is 4.93. The van der Waals surface area contributed by atoms with Gasteiger partial charge in [-0.3, -0.25) is 0 Å². The van der Waals surface area contributed by atoms with E-state index in [1.165, 1.54) is 0 Å². The highest BCUT2D eigenvalue weighted by Crippen LogP contribution is 2.31. The Bertz CT molecular complexity index is 363. The van der Waals surface area contributed by atoms with E-state index in [-0.39, 0.29) is 11.7 Å². The minimum atomic E-state index is -4.41. The zero-order chi connectivity index (χ0) is 12.3. The van der Waals surface area contributed by atoms with Gasteiger partial charge in [0.25, 0.3) is 0 Å². The summed E-state index contributed by atoms with van der Waals surface area (Å²) in [5, 5.41) is 2.94. The Labute approximate surface area is 91.9 Å². The molecule has 90 valence electrons. The molecule has 0 aliphatic rings. The van der Waals surface area contributed by atoms with E-state index in [1.54, 1.807) is 0 Å². The SMILES string of the molecule is CCC(C)Nc1ncc(C(F)(F)F)cc1N. The van der Waals surface area contributed by atoms with Gasteiger partial charge in [-0.15, -0.1) is 0 Å². The van der Waals surface area contributed by atoms with Crippen molar-refractivity contribution >= 4 is 11.5 Å². The summed E-state index contributed by atoms with van der Waals surface area (Å²) in [6.07, 6.45) is -2.79. The van der Waals surface area contributed by atoms with Crippen molar-refractivity contribution in [3.63, 3.8) is 0 Å². The lowest BCUT2D eigenvalue weighted by Gasteiger charge is -2.15. The van der Waals surface area contributed by atoms with Gasteiger partial charge in [0.05, 0.1) is 11.3 Å². The number of pyridine rings is 1. The Kier molecular flexibility index (Phi) is 3.62. The van der Waals surface area contributed by atoms with Crippen LogP contribution in [0.5, 0.6) is 0 Å². The monoisotopic (exact) mass is 233 g/mol. The fourth-order valence-electron chi connectivity index (χ4n) is 1.09. The van der Waals surface area contributed by atoms with E-state index in [1.807, 2.05) is 13.8 Å². The van der Waals surface area contributed by atoms with Crippen molar-refractivity contribution in [1.29, 1.82) is 0 Å². The molecule has 0 amide bonds. The molecule has 3 nitrogen and oxygen atoms in total. The van der Waals surface area contributed by atoms with Gasteiger partial charge in [-0.05, 0) is 19.4 Å². The summed E-state index contributed by atoms with van der Waals surface area (Å²) >= 11 is 0. The van der Waals surface area contributed by atoms with E-state index in [0.717, 1.165) is 18.7 Å². The molecule has 1 aromatic heterocycles. The molecule has 0 fully saturated rings. The van der Waals surface area contributed by atoms with Gasteiger partial charge in [0, 0.05) is 12.2 Å². The molecule has 1 unspecified atom stereocenters. The lowest BCUT2D eigenvalue weighted by Crippen LogP contribution is -2.16. The third kappa shape index (κ3) is 3.01. The van der Waals surface area contributed by atoms with Crippen LogP contribution in [0.25, 0.3) is 0 Å². The standard InChI is InChI=1S/C10H14F3N3/c1-3-6(2)16-9-8(14)4-7(5-15-9)10(11,12)13/h4-6H,3,14H2,1-2H3,(H,15,16). The van der Waals surface area contributed by atoms with Crippen molar-refractivity contribution in [3.05, 3.63) is 17.8 Å². The molecule has 0 radical (unpaired) electrons. The number of hydrogen-bond donors (Lipinski definition) is 2. The highest BCUT2D eigenvalue weighted by Gasteiger charge is 2.31. The van der Waals surface area contributed by atoms with Crippen LogP contribution >= 0.6 is 0 Å². The van der Waals surface area contributed by atoms with E-state index in [2.05, 4.69) is 10.3 Å². The number of nitrogen functional groups attached to an aromatic ring is 1. The maximum absolute atomic E-state index is 12.3. The molecule has 1 heterocycles. The van der Waals surface area contributed by atoms with Crippen molar-refractivity contribution < 1.29 is 13.2 Å². The fourth-order valence-corrected chi connectivity index (χ4v) is 1.09. The molecule has 1 atom stereocenters. The lowest BCUT2D eigenvalue weighted by atomic mass is 10.2. The van der Waals surface area contributed by atoms with Gasteiger partial charge in [0.2, 0.25) is 0 Å². The van der Waals surface area contributed by atoms with Crippen LogP contribution in [-0.2, 0) is 6.18 Å². The van der Waals surface area contributed by atoms with Gasteiger partial charge < -0.3 is 11.1 Å². The number of hydrogen-bond acceptors (Lipinski definition) is 3. The van der Waals surface area contributed by atoms with Gasteiger partial charge in [0.15, 0.2) is 0 Å². The largest absolute Gasteiger partial charge is 0.417 e. The highest BCUT2D eigenvalue weighted by atomic mass is 19.4. The molecule has 1 rings (SSSR count). The van der Waals surface area contributed by atoms with Crippen molar-refractivity contribution in [3.8, 4) is 0 Å². The summed E-state index contributed by atoms with van der Waals surface area (Å²) in [6.45, 7) is 3.86. The van der Waals surface area contributed by atoms with Crippen LogP contribution in [-0.4, -0.2) is 11.0 Å². The molecule has 1 aromatic rings. The summed E-state index contributed by atoms with van der Waals surface area (Å²) in [5.74, 6) is 0.294. The van der Waals surface area contributed by atoms with Gasteiger partial charge in [-0.1, -0.05) is 6.92 Å². The second kappa shape index (κ2) is 4.59. The van der Waals surface area contributed by atoms with Crippen LogP contribution in [0, 0.1) is 0 Å². The first-order chi connectivity index (χ1) is 7.34. The summed E-state index contributed by atoms with van der Waals surface area (Å²) in [5.41, 5.74) is 4.67. The Morgan fingerprint density at radius 3 is 2.56 bits per heavy atom. The van der Waals surface area contributed by atoms with E-state index in [4.69, 9.17) is 5.73 Å². The van der Waals surface area contributed by atoms with Crippen molar-refractivity contribution in [1.82, 2.24) is 4.98 Å². The number of halogens is 3. The molecule has 0 aliphatic carbocycles. The molecule has 3 N–H and O–H groups in total. The predicted molar refractivity (Wildman–Crippen MR) is 57.0 cm³/mol. The van der Waals surface area contributed by atoms with E-state index in [0.29, 0.717) is 5.82 Å². The smallest absolute Gasteiger partial charge is 0.396 e. The maximum atomic E-state index is 12.3. The first kappa shape index (κ1) is 12.6. The van der Waals surface area contributed by atoms with Gasteiger partial charge >= 0.3 is 6.18 Å². The van der Waals surface area contributed by atoms with Crippen LogP contribution in [0.3, 0.4) is 0 Å². The van der Waals surface area contributed by atoms with Crippen molar-refractivity contribution in [2.45, 2.75) is 32.5 Å². The average Bonchev–Trinajstić information content (AvgIpc) is 2.19. The topological polar surface area (TPSA) is 50.9 Å². The zero-order valence-electron chi connectivity index (χ0n) is 9.10. The summed E-state index contributed by atoms with van der Waals surface area (Å²) in [7, 11) is 0. The molecular weight excluding hydrogens is 219 g/mol. The second-order valence-electron chi connectivity index (χ2n) is 3.61. The second-order valence-corrected chi connectivity index (χ2v) is 3.61. The molecule has 0 saturated carbocycles. The lowest BCUT2D eigenvalue weighted by molar-refractivity contribution is -0.137. The number of alkyl halides is 3. The molecule has 6 heteroatoms. The van der Waals surface area contributed by atoms with Crippen LogP contribution < -0.4 is 11.1 Å².